The van der Waals surface area contributed by atoms with Gasteiger partial charge < -0.3 is 5.32 Å². The summed E-state index contributed by atoms with van der Waals surface area (Å²) in [4.78, 5) is 27.8. The zero-order chi connectivity index (χ0) is 15.4. The molecular weight excluding hydrogens is 276 g/mol. The minimum atomic E-state index is -0.330. The Morgan fingerprint density at radius 1 is 0.955 bits per heavy atom. The van der Waals surface area contributed by atoms with E-state index in [1.807, 2.05) is 42.5 Å². The lowest BCUT2D eigenvalue weighted by molar-refractivity contribution is -0.115. The molecule has 0 saturated carbocycles. The van der Waals surface area contributed by atoms with Crippen LogP contribution in [0.5, 0.6) is 0 Å². The van der Waals surface area contributed by atoms with Crippen LogP contribution in [-0.2, 0) is 4.79 Å². The molecule has 1 amide bonds. The minimum Gasteiger partial charge on any atom is -0.326 e. The highest BCUT2D eigenvalue weighted by Gasteiger charge is 2.12. The van der Waals surface area contributed by atoms with Gasteiger partial charge in [-0.2, -0.15) is 0 Å². The number of carbonyl (C=O) groups excluding carboxylic acids is 2. The summed E-state index contributed by atoms with van der Waals surface area (Å²) in [5.74, 6) is -0.574. The fourth-order valence-corrected chi connectivity index (χ4v) is 2.25. The standard InChI is InChI=1S/C18H14N2O2/c21-17(15-6-3-9-19-12-15)11-18(22)20-16-8-7-13-4-1-2-5-14(13)10-16/h1-10,12H,11H2,(H,20,22). The number of anilines is 1. The van der Waals surface area contributed by atoms with Crippen molar-refractivity contribution in [1.82, 2.24) is 4.98 Å². The maximum absolute atomic E-state index is 12.0. The number of nitrogens with zero attached hydrogens (tertiary/aromatic N) is 1. The van der Waals surface area contributed by atoms with Crippen molar-refractivity contribution < 1.29 is 9.59 Å². The van der Waals surface area contributed by atoms with Gasteiger partial charge >= 0.3 is 0 Å². The Labute approximate surface area is 127 Å². The van der Waals surface area contributed by atoms with E-state index in [-0.39, 0.29) is 18.1 Å². The third-order valence-corrected chi connectivity index (χ3v) is 3.34. The van der Waals surface area contributed by atoms with Crippen LogP contribution in [0.4, 0.5) is 5.69 Å². The van der Waals surface area contributed by atoms with Gasteiger partial charge in [-0.05, 0) is 35.0 Å². The van der Waals surface area contributed by atoms with Crippen LogP contribution in [0.15, 0.2) is 67.0 Å². The lowest BCUT2D eigenvalue weighted by atomic mass is 10.1. The molecule has 0 unspecified atom stereocenters. The molecule has 0 spiro atoms. The Morgan fingerprint density at radius 2 is 1.77 bits per heavy atom. The summed E-state index contributed by atoms with van der Waals surface area (Å²) in [6, 6.07) is 16.9. The highest BCUT2D eigenvalue weighted by atomic mass is 16.2. The summed E-state index contributed by atoms with van der Waals surface area (Å²) in [5, 5.41) is 4.90. The molecule has 22 heavy (non-hydrogen) atoms. The van der Waals surface area contributed by atoms with Crippen molar-refractivity contribution in [2.75, 3.05) is 5.32 Å². The monoisotopic (exact) mass is 290 g/mol. The van der Waals surface area contributed by atoms with Gasteiger partial charge in [-0.1, -0.05) is 30.3 Å². The summed E-state index contributed by atoms with van der Waals surface area (Å²) in [7, 11) is 0. The van der Waals surface area contributed by atoms with Gasteiger partial charge in [-0.3, -0.25) is 14.6 Å². The predicted molar refractivity (Wildman–Crippen MR) is 85.8 cm³/mol. The van der Waals surface area contributed by atoms with E-state index in [0.717, 1.165) is 10.8 Å². The minimum absolute atomic E-state index is 0.196. The molecule has 0 atom stereocenters. The number of fused-ring (bicyclic) bond motifs is 1. The van der Waals surface area contributed by atoms with Crippen LogP contribution in [0, 0.1) is 0 Å². The molecule has 3 rings (SSSR count). The van der Waals surface area contributed by atoms with Gasteiger partial charge in [0.05, 0.1) is 6.42 Å². The van der Waals surface area contributed by atoms with Gasteiger partial charge in [-0.15, -0.1) is 0 Å². The average Bonchev–Trinajstić information content (AvgIpc) is 2.55. The third kappa shape index (κ3) is 3.17. The number of benzene rings is 2. The lowest BCUT2D eigenvalue weighted by Gasteiger charge is -2.06. The van der Waals surface area contributed by atoms with Crippen LogP contribution in [0.3, 0.4) is 0 Å². The molecule has 4 heteroatoms. The number of nitrogens with one attached hydrogen (secondary N) is 1. The first-order valence-electron chi connectivity index (χ1n) is 6.94. The van der Waals surface area contributed by atoms with Crippen LogP contribution in [0.1, 0.15) is 16.8 Å². The number of rotatable bonds is 4. The molecule has 1 heterocycles. The van der Waals surface area contributed by atoms with Crippen molar-refractivity contribution in [2.24, 2.45) is 0 Å². The molecule has 0 aliphatic rings. The Morgan fingerprint density at radius 3 is 2.55 bits per heavy atom. The summed E-state index contributed by atoms with van der Waals surface area (Å²) in [6.45, 7) is 0. The molecule has 0 fully saturated rings. The van der Waals surface area contributed by atoms with Crippen LogP contribution in [0.25, 0.3) is 10.8 Å². The molecule has 1 N–H and O–H groups in total. The van der Waals surface area contributed by atoms with Gasteiger partial charge in [0.2, 0.25) is 5.91 Å². The van der Waals surface area contributed by atoms with E-state index < -0.39 is 0 Å². The van der Waals surface area contributed by atoms with Crippen LogP contribution >= 0.6 is 0 Å². The summed E-state index contributed by atoms with van der Waals surface area (Å²) in [5.41, 5.74) is 1.12. The van der Waals surface area contributed by atoms with E-state index in [1.54, 1.807) is 18.3 Å². The zero-order valence-electron chi connectivity index (χ0n) is 11.8. The molecule has 0 bridgehead atoms. The zero-order valence-corrected chi connectivity index (χ0v) is 11.8. The summed E-state index contributed by atoms with van der Waals surface area (Å²) >= 11 is 0. The highest BCUT2D eigenvalue weighted by molar-refractivity contribution is 6.11. The molecule has 4 nitrogen and oxygen atoms in total. The molecular formula is C18H14N2O2. The molecule has 1 aromatic heterocycles. The number of hydrogen-bond acceptors (Lipinski definition) is 3. The van der Waals surface area contributed by atoms with Crippen molar-refractivity contribution in [3.8, 4) is 0 Å². The van der Waals surface area contributed by atoms with E-state index in [2.05, 4.69) is 10.3 Å². The molecule has 0 aliphatic heterocycles. The quantitative estimate of drug-likeness (QED) is 0.591. The van der Waals surface area contributed by atoms with Crippen LogP contribution in [0.2, 0.25) is 0 Å². The van der Waals surface area contributed by atoms with Crippen LogP contribution < -0.4 is 5.32 Å². The van der Waals surface area contributed by atoms with E-state index in [9.17, 15) is 9.59 Å². The Bertz CT molecular complexity index is 829. The van der Waals surface area contributed by atoms with Crippen molar-refractivity contribution >= 4 is 28.2 Å². The van der Waals surface area contributed by atoms with Gasteiger partial charge in [-0.25, -0.2) is 0 Å². The van der Waals surface area contributed by atoms with Gasteiger partial charge in [0.1, 0.15) is 0 Å². The molecule has 0 radical (unpaired) electrons. The van der Waals surface area contributed by atoms with Crippen molar-refractivity contribution in [2.45, 2.75) is 6.42 Å². The first-order valence-corrected chi connectivity index (χ1v) is 6.94. The largest absolute Gasteiger partial charge is 0.326 e. The second-order valence-corrected chi connectivity index (χ2v) is 4.95. The van der Waals surface area contributed by atoms with Gasteiger partial charge in [0.25, 0.3) is 0 Å². The average molecular weight is 290 g/mol. The number of aromatic nitrogens is 1. The van der Waals surface area contributed by atoms with Crippen molar-refractivity contribution in [1.29, 1.82) is 0 Å². The number of carbonyl (C=O) groups is 2. The van der Waals surface area contributed by atoms with E-state index in [4.69, 9.17) is 0 Å². The summed E-state index contributed by atoms with van der Waals surface area (Å²) in [6.07, 6.45) is 2.86. The second-order valence-electron chi connectivity index (χ2n) is 4.95. The molecule has 0 saturated heterocycles. The number of amides is 1. The maximum atomic E-state index is 12.0. The second kappa shape index (κ2) is 6.18. The maximum Gasteiger partial charge on any atom is 0.232 e. The van der Waals surface area contributed by atoms with Crippen molar-refractivity contribution in [3.05, 3.63) is 72.6 Å². The molecule has 108 valence electrons. The van der Waals surface area contributed by atoms with E-state index >= 15 is 0 Å². The van der Waals surface area contributed by atoms with Crippen LogP contribution in [-0.4, -0.2) is 16.7 Å². The number of Topliss-reactive ketones (excluding diaryl/α,β-unsaturated/α-hetero) is 1. The van der Waals surface area contributed by atoms with Gasteiger partial charge in [0, 0.05) is 23.6 Å². The van der Waals surface area contributed by atoms with E-state index in [0.29, 0.717) is 11.3 Å². The molecule has 2 aromatic carbocycles. The predicted octanol–water partition coefficient (Wildman–Crippen LogP) is 3.45. The number of pyridine rings is 1. The fraction of sp³-hybridized carbons (Fsp3) is 0.0556. The van der Waals surface area contributed by atoms with Crippen molar-refractivity contribution in [3.63, 3.8) is 0 Å². The summed E-state index contributed by atoms with van der Waals surface area (Å²) < 4.78 is 0. The molecule has 3 aromatic rings. The van der Waals surface area contributed by atoms with Gasteiger partial charge in [0.15, 0.2) is 5.78 Å². The first kappa shape index (κ1) is 13.9. The molecule has 0 aliphatic carbocycles. The third-order valence-electron chi connectivity index (χ3n) is 3.34. The highest BCUT2D eigenvalue weighted by Crippen LogP contribution is 2.19. The fourth-order valence-electron chi connectivity index (χ4n) is 2.25. The Balaban J connectivity index is 1.69. The number of ketones is 1. The first-order chi connectivity index (χ1) is 10.7. The smallest absolute Gasteiger partial charge is 0.232 e. The number of hydrogen-bond donors (Lipinski definition) is 1. The SMILES string of the molecule is O=C(CC(=O)c1cccnc1)Nc1ccc2ccccc2c1. The topological polar surface area (TPSA) is 59.1 Å². The normalized spacial score (nSPS) is 10.4. The lowest BCUT2D eigenvalue weighted by Crippen LogP contribution is -2.16. The Hall–Kier alpha value is -3.01. The van der Waals surface area contributed by atoms with E-state index in [1.165, 1.54) is 6.20 Å². The Kier molecular flexibility index (Phi) is 3.92.